The molecule has 0 bridgehead atoms. The third-order valence-corrected chi connectivity index (χ3v) is 5.71. The summed E-state index contributed by atoms with van der Waals surface area (Å²) in [5, 5.41) is 2.80. The van der Waals surface area contributed by atoms with E-state index in [9.17, 15) is 0 Å². The zero-order valence-electron chi connectivity index (χ0n) is 15.1. The molecule has 0 nitrogen and oxygen atoms in total. The van der Waals surface area contributed by atoms with E-state index in [0.717, 1.165) is 6.42 Å². The van der Waals surface area contributed by atoms with Crippen molar-refractivity contribution in [2.75, 3.05) is 0 Å². The molecule has 0 aromatic heterocycles. The van der Waals surface area contributed by atoms with E-state index in [1.54, 1.807) is 11.1 Å². The standard InChI is InChI=1S/C13H10.C12H18/c1-4-10-6-2-8-12-9-3-7-11(5-1)13(10)12;1-3-7-11(8-4-1)12-9-5-2-6-10-12/h1-8H,9H2;3,7H,1-2,4-6,8-10H2. The van der Waals surface area contributed by atoms with Crippen molar-refractivity contribution >= 4 is 16.8 Å². The highest BCUT2D eigenvalue weighted by Crippen LogP contribution is 2.30. The lowest BCUT2D eigenvalue weighted by molar-refractivity contribution is 0.589. The van der Waals surface area contributed by atoms with E-state index in [1.807, 2.05) is 0 Å². The number of hydrogen-bond acceptors (Lipinski definition) is 0. The highest BCUT2D eigenvalue weighted by molar-refractivity contribution is 5.94. The molecule has 0 heterocycles. The monoisotopic (exact) mass is 328 g/mol. The van der Waals surface area contributed by atoms with Gasteiger partial charge in [0.05, 0.1) is 0 Å². The Hall–Kier alpha value is -2.08. The Labute approximate surface area is 152 Å². The molecule has 2 aromatic rings. The fourth-order valence-electron chi connectivity index (χ4n) is 4.39. The molecule has 0 aliphatic heterocycles. The Morgan fingerprint density at radius 3 is 2.32 bits per heavy atom. The molecular formula is C25H28. The van der Waals surface area contributed by atoms with E-state index in [2.05, 4.69) is 60.7 Å². The van der Waals surface area contributed by atoms with E-state index in [4.69, 9.17) is 0 Å². The van der Waals surface area contributed by atoms with Crippen LogP contribution in [0.4, 0.5) is 0 Å². The number of benzene rings is 2. The van der Waals surface area contributed by atoms with Crippen molar-refractivity contribution in [1.29, 1.82) is 0 Å². The van der Waals surface area contributed by atoms with Gasteiger partial charge in [-0.1, -0.05) is 72.7 Å². The van der Waals surface area contributed by atoms with E-state index in [1.165, 1.54) is 73.3 Å². The van der Waals surface area contributed by atoms with Crippen molar-refractivity contribution in [2.45, 2.75) is 57.8 Å². The second kappa shape index (κ2) is 7.87. The molecular weight excluding hydrogens is 300 g/mol. The molecule has 0 saturated heterocycles. The molecule has 128 valence electrons. The second-order valence-electron chi connectivity index (χ2n) is 7.45. The summed E-state index contributed by atoms with van der Waals surface area (Å²) in [7, 11) is 0. The summed E-state index contributed by atoms with van der Waals surface area (Å²) in [6, 6.07) is 13.0. The minimum Gasteiger partial charge on any atom is -0.0843 e. The van der Waals surface area contributed by atoms with E-state index >= 15 is 0 Å². The average molecular weight is 328 g/mol. The maximum Gasteiger partial charge on any atom is -0.00763 e. The maximum atomic E-state index is 2.38. The maximum absolute atomic E-state index is 2.38. The van der Waals surface area contributed by atoms with Gasteiger partial charge in [0, 0.05) is 0 Å². The summed E-state index contributed by atoms with van der Waals surface area (Å²) in [5.74, 6) is 0. The number of hydrogen-bond donors (Lipinski definition) is 0. The van der Waals surface area contributed by atoms with Crippen molar-refractivity contribution in [3.63, 3.8) is 0 Å². The molecule has 0 N–H and O–H groups in total. The van der Waals surface area contributed by atoms with Crippen LogP contribution in [-0.4, -0.2) is 0 Å². The molecule has 1 fully saturated rings. The van der Waals surface area contributed by atoms with Crippen LogP contribution in [0.25, 0.3) is 16.8 Å². The van der Waals surface area contributed by atoms with Crippen molar-refractivity contribution in [3.05, 3.63) is 76.9 Å². The molecule has 3 aliphatic carbocycles. The third kappa shape index (κ3) is 3.79. The molecule has 0 amide bonds. The van der Waals surface area contributed by atoms with Gasteiger partial charge in [-0.05, 0) is 78.8 Å². The highest BCUT2D eigenvalue weighted by Gasteiger charge is 2.10. The van der Waals surface area contributed by atoms with Gasteiger partial charge in [-0.2, -0.15) is 0 Å². The van der Waals surface area contributed by atoms with Gasteiger partial charge in [-0.15, -0.1) is 0 Å². The fourth-order valence-corrected chi connectivity index (χ4v) is 4.39. The molecule has 2 aromatic carbocycles. The van der Waals surface area contributed by atoms with Crippen LogP contribution in [0, 0.1) is 0 Å². The Morgan fingerprint density at radius 1 is 0.680 bits per heavy atom. The first-order valence-corrected chi connectivity index (χ1v) is 9.96. The summed E-state index contributed by atoms with van der Waals surface area (Å²) in [6.07, 6.45) is 21.4. The molecule has 5 rings (SSSR count). The lowest BCUT2D eigenvalue weighted by atomic mass is 9.87. The molecule has 0 atom stereocenters. The fraction of sp³-hybridized carbons (Fsp3) is 0.360. The van der Waals surface area contributed by atoms with Gasteiger partial charge in [0.25, 0.3) is 0 Å². The van der Waals surface area contributed by atoms with Crippen molar-refractivity contribution < 1.29 is 0 Å². The number of rotatable bonds is 0. The Kier molecular flexibility index (Phi) is 5.16. The zero-order valence-corrected chi connectivity index (χ0v) is 15.1. The lowest BCUT2D eigenvalue weighted by Gasteiger charge is -2.19. The van der Waals surface area contributed by atoms with Gasteiger partial charge < -0.3 is 0 Å². The molecule has 0 heteroatoms. The summed E-state index contributed by atoms with van der Waals surface area (Å²) in [6.45, 7) is 0. The minimum atomic E-state index is 1.08. The predicted molar refractivity (Wildman–Crippen MR) is 110 cm³/mol. The van der Waals surface area contributed by atoms with Crippen LogP contribution >= 0.6 is 0 Å². The molecule has 3 aliphatic rings. The summed E-state index contributed by atoms with van der Waals surface area (Å²) >= 11 is 0. The SMILES string of the molecule is C1=CC(=C2CCCCC2)CCC1.C1=Cc2cccc3cccc(c23)C1. The van der Waals surface area contributed by atoms with Gasteiger partial charge in [-0.25, -0.2) is 0 Å². The third-order valence-electron chi connectivity index (χ3n) is 5.71. The van der Waals surface area contributed by atoms with Crippen LogP contribution < -0.4 is 0 Å². The van der Waals surface area contributed by atoms with Gasteiger partial charge in [0.2, 0.25) is 0 Å². The van der Waals surface area contributed by atoms with Crippen LogP contribution in [0.3, 0.4) is 0 Å². The summed E-state index contributed by atoms with van der Waals surface area (Å²) in [5.41, 5.74) is 6.27. The second-order valence-corrected chi connectivity index (χ2v) is 7.45. The molecule has 1 saturated carbocycles. The first-order chi connectivity index (χ1) is 12.4. The molecule has 25 heavy (non-hydrogen) atoms. The molecule has 0 radical (unpaired) electrons. The van der Waals surface area contributed by atoms with E-state index in [-0.39, 0.29) is 0 Å². The largest absolute Gasteiger partial charge is 0.0843 e. The summed E-state index contributed by atoms with van der Waals surface area (Å²) < 4.78 is 0. The van der Waals surface area contributed by atoms with E-state index in [0.29, 0.717) is 0 Å². The van der Waals surface area contributed by atoms with Crippen molar-refractivity contribution in [1.82, 2.24) is 0 Å². The van der Waals surface area contributed by atoms with Crippen LogP contribution in [0.5, 0.6) is 0 Å². The molecule has 0 unspecified atom stereocenters. The van der Waals surface area contributed by atoms with E-state index < -0.39 is 0 Å². The Balaban J connectivity index is 0.000000126. The van der Waals surface area contributed by atoms with Crippen LogP contribution in [0.2, 0.25) is 0 Å². The molecule has 0 spiro atoms. The van der Waals surface area contributed by atoms with Crippen molar-refractivity contribution in [2.24, 2.45) is 0 Å². The smallest absolute Gasteiger partial charge is 0.00763 e. The first kappa shape index (κ1) is 16.4. The van der Waals surface area contributed by atoms with Gasteiger partial charge in [0.15, 0.2) is 0 Å². The highest BCUT2D eigenvalue weighted by atomic mass is 14.2. The van der Waals surface area contributed by atoms with Gasteiger partial charge in [0.1, 0.15) is 0 Å². The normalized spacial score (nSPS) is 18.9. The van der Waals surface area contributed by atoms with Gasteiger partial charge in [-0.3, -0.25) is 0 Å². The topological polar surface area (TPSA) is 0 Å². The summed E-state index contributed by atoms with van der Waals surface area (Å²) in [4.78, 5) is 0. The quantitative estimate of drug-likeness (QED) is 0.472. The Bertz CT molecular complexity index is 819. The van der Waals surface area contributed by atoms with Crippen molar-refractivity contribution in [3.8, 4) is 0 Å². The first-order valence-electron chi connectivity index (χ1n) is 9.96. The average Bonchev–Trinajstić information content (AvgIpc) is 2.71. The Morgan fingerprint density at radius 2 is 1.52 bits per heavy atom. The van der Waals surface area contributed by atoms with Crippen LogP contribution in [0.1, 0.15) is 62.5 Å². The zero-order chi connectivity index (χ0) is 16.9. The van der Waals surface area contributed by atoms with Crippen LogP contribution in [0.15, 0.2) is 65.8 Å². The number of allylic oxidation sites excluding steroid dienone is 5. The minimum absolute atomic E-state index is 1.08. The predicted octanol–water partition coefficient (Wildman–Crippen LogP) is 7.40. The lowest BCUT2D eigenvalue weighted by Crippen LogP contribution is -1.99. The van der Waals surface area contributed by atoms with Crippen LogP contribution in [-0.2, 0) is 6.42 Å². The van der Waals surface area contributed by atoms with Gasteiger partial charge >= 0.3 is 0 Å².